The minimum Gasteiger partial charge on any atom is -0.453 e. The fourth-order valence-electron chi connectivity index (χ4n) is 1.16. The van der Waals surface area contributed by atoms with E-state index in [-0.39, 0.29) is 0 Å². The molecule has 1 heterocycles. The summed E-state index contributed by atoms with van der Waals surface area (Å²) in [5.41, 5.74) is 1.00. The van der Waals surface area contributed by atoms with Gasteiger partial charge in [-0.05, 0) is 37.1 Å². The highest BCUT2D eigenvalue weighted by molar-refractivity contribution is 5.39. The van der Waals surface area contributed by atoms with Crippen molar-refractivity contribution in [2.24, 2.45) is 0 Å². The van der Waals surface area contributed by atoms with Crippen LogP contribution in [0.5, 0.6) is 0 Å². The second-order valence-electron chi connectivity index (χ2n) is 3.03. The first-order valence-electron chi connectivity index (χ1n) is 4.48. The third kappa shape index (κ3) is 2.05. The van der Waals surface area contributed by atoms with Gasteiger partial charge in [-0.25, -0.2) is 0 Å². The molecule has 0 bridgehead atoms. The predicted molar refractivity (Wildman–Crippen MR) is 55.9 cm³/mol. The van der Waals surface area contributed by atoms with E-state index in [1.165, 1.54) is 0 Å². The second kappa shape index (κ2) is 3.85. The van der Waals surface area contributed by atoms with Crippen LogP contribution < -0.4 is 0 Å². The molecule has 0 aliphatic heterocycles. The van der Waals surface area contributed by atoms with Crippen LogP contribution in [0.25, 0.3) is 0 Å². The Hall–Kier alpha value is -1.94. The zero-order chi connectivity index (χ0) is 9.80. The molecule has 0 N–H and O–H groups in total. The van der Waals surface area contributed by atoms with E-state index in [0.29, 0.717) is 5.76 Å². The summed E-state index contributed by atoms with van der Waals surface area (Å²) in [6.07, 6.45) is 0. The van der Waals surface area contributed by atoms with Crippen LogP contribution in [0.2, 0.25) is 0 Å². The Morgan fingerprint density at radius 1 is 0.929 bits per heavy atom. The van der Waals surface area contributed by atoms with Crippen molar-refractivity contribution in [3.63, 3.8) is 0 Å². The van der Waals surface area contributed by atoms with Crippen molar-refractivity contribution < 1.29 is 4.42 Å². The summed E-state index contributed by atoms with van der Waals surface area (Å²) in [7, 11) is 0. The van der Waals surface area contributed by atoms with Crippen LogP contribution in [0.3, 0.4) is 0 Å². The van der Waals surface area contributed by atoms with Gasteiger partial charge in [0.1, 0.15) is 5.76 Å². The van der Waals surface area contributed by atoms with Crippen LogP contribution in [0.4, 0.5) is 0 Å². The SMILES string of the molecule is Cc1ccc(C#Cc2ccccc2)o1. The number of rotatable bonds is 0. The highest BCUT2D eigenvalue weighted by Crippen LogP contribution is 2.04. The molecule has 0 atom stereocenters. The number of aryl methyl sites for hydroxylation is 1. The Morgan fingerprint density at radius 3 is 2.36 bits per heavy atom. The lowest BCUT2D eigenvalue weighted by atomic mass is 10.2. The fraction of sp³-hybridized carbons (Fsp3) is 0.0769. The van der Waals surface area contributed by atoms with Gasteiger partial charge in [-0.3, -0.25) is 0 Å². The summed E-state index contributed by atoms with van der Waals surface area (Å²) >= 11 is 0. The number of furan rings is 1. The minimum atomic E-state index is 0.714. The summed E-state index contributed by atoms with van der Waals surface area (Å²) in [4.78, 5) is 0. The maximum absolute atomic E-state index is 5.33. The van der Waals surface area contributed by atoms with Gasteiger partial charge in [0.15, 0.2) is 5.76 Å². The van der Waals surface area contributed by atoms with Crippen LogP contribution in [0.15, 0.2) is 46.9 Å². The molecular weight excluding hydrogens is 172 g/mol. The van der Waals surface area contributed by atoms with Gasteiger partial charge in [-0.2, -0.15) is 0 Å². The van der Waals surface area contributed by atoms with Crippen molar-refractivity contribution in [2.75, 3.05) is 0 Å². The quantitative estimate of drug-likeness (QED) is 0.571. The molecular formula is C13H10O. The van der Waals surface area contributed by atoms with Gasteiger partial charge in [0.25, 0.3) is 0 Å². The highest BCUT2D eigenvalue weighted by atomic mass is 16.3. The van der Waals surface area contributed by atoms with E-state index >= 15 is 0 Å². The Balaban J connectivity index is 2.23. The highest BCUT2D eigenvalue weighted by Gasteiger charge is 1.91. The molecule has 0 unspecified atom stereocenters. The Bertz CT molecular complexity index is 469. The summed E-state index contributed by atoms with van der Waals surface area (Å²) < 4.78 is 5.33. The average Bonchev–Trinajstić information content (AvgIpc) is 2.63. The minimum absolute atomic E-state index is 0.714. The van der Waals surface area contributed by atoms with E-state index in [4.69, 9.17) is 4.42 Å². The Morgan fingerprint density at radius 2 is 1.71 bits per heavy atom. The summed E-state index contributed by atoms with van der Waals surface area (Å²) in [6.45, 7) is 1.91. The van der Waals surface area contributed by atoms with Crippen molar-refractivity contribution >= 4 is 0 Å². The average molecular weight is 182 g/mol. The van der Waals surface area contributed by atoms with Gasteiger partial charge < -0.3 is 4.42 Å². The van der Waals surface area contributed by atoms with E-state index in [9.17, 15) is 0 Å². The molecule has 0 fully saturated rings. The lowest BCUT2D eigenvalue weighted by Gasteiger charge is -1.85. The molecule has 1 nitrogen and oxygen atoms in total. The predicted octanol–water partition coefficient (Wildman–Crippen LogP) is 2.99. The normalized spacial score (nSPS) is 9.21. The molecule has 1 heteroatoms. The molecule has 0 amide bonds. The molecule has 0 aliphatic carbocycles. The second-order valence-corrected chi connectivity index (χ2v) is 3.03. The lowest BCUT2D eigenvalue weighted by Crippen LogP contribution is -1.71. The molecule has 2 aromatic rings. The number of hydrogen-bond donors (Lipinski definition) is 0. The van der Waals surface area contributed by atoms with Gasteiger partial charge in [0, 0.05) is 5.56 Å². The van der Waals surface area contributed by atoms with Gasteiger partial charge in [0.05, 0.1) is 0 Å². The molecule has 0 saturated heterocycles. The van der Waals surface area contributed by atoms with Crippen molar-refractivity contribution in [3.8, 4) is 11.8 Å². The van der Waals surface area contributed by atoms with Crippen molar-refractivity contribution in [1.82, 2.24) is 0 Å². The van der Waals surface area contributed by atoms with Crippen molar-refractivity contribution in [3.05, 3.63) is 59.5 Å². The maximum Gasteiger partial charge on any atom is 0.177 e. The fourth-order valence-corrected chi connectivity index (χ4v) is 1.16. The van der Waals surface area contributed by atoms with Gasteiger partial charge >= 0.3 is 0 Å². The molecule has 0 saturated carbocycles. The summed E-state index contributed by atoms with van der Waals surface area (Å²) in [5, 5.41) is 0. The molecule has 1 aromatic carbocycles. The first-order chi connectivity index (χ1) is 6.84. The first-order valence-corrected chi connectivity index (χ1v) is 4.48. The molecule has 1 aromatic heterocycles. The number of hydrogen-bond acceptors (Lipinski definition) is 1. The molecule has 0 spiro atoms. The smallest absolute Gasteiger partial charge is 0.177 e. The van der Waals surface area contributed by atoms with Crippen LogP contribution in [-0.4, -0.2) is 0 Å². The van der Waals surface area contributed by atoms with Gasteiger partial charge in [-0.15, -0.1) is 0 Å². The summed E-state index contributed by atoms with van der Waals surface area (Å²) in [5.74, 6) is 7.60. The van der Waals surface area contributed by atoms with E-state index in [2.05, 4.69) is 11.8 Å². The molecule has 14 heavy (non-hydrogen) atoms. The topological polar surface area (TPSA) is 13.1 Å². The largest absolute Gasteiger partial charge is 0.453 e. The zero-order valence-electron chi connectivity index (χ0n) is 7.95. The van der Waals surface area contributed by atoms with Crippen LogP contribution in [0, 0.1) is 18.8 Å². The van der Waals surface area contributed by atoms with E-state index in [0.717, 1.165) is 11.3 Å². The van der Waals surface area contributed by atoms with E-state index in [1.807, 2.05) is 49.4 Å². The Kier molecular flexibility index (Phi) is 2.38. The third-order valence-corrected chi connectivity index (χ3v) is 1.84. The molecule has 0 aliphatic rings. The van der Waals surface area contributed by atoms with E-state index < -0.39 is 0 Å². The third-order valence-electron chi connectivity index (χ3n) is 1.84. The first kappa shape index (κ1) is 8.65. The van der Waals surface area contributed by atoms with Crippen LogP contribution >= 0.6 is 0 Å². The molecule has 2 rings (SSSR count). The van der Waals surface area contributed by atoms with Gasteiger partial charge in [-0.1, -0.05) is 24.1 Å². The lowest BCUT2D eigenvalue weighted by molar-refractivity contribution is 0.522. The maximum atomic E-state index is 5.33. The monoisotopic (exact) mass is 182 g/mol. The van der Waals surface area contributed by atoms with Gasteiger partial charge in [0.2, 0.25) is 0 Å². The van der Waals surface area contributed by atoms with E-state index in [1.54, 1.807) is 0 Å². The Labute approximate surface area is 83.4 Å². The summed E-state index contributed by atoms with van der Waals surface area (Å²) in [6, 6.07) is 13.7. The van der Waals surface area contributed by atoms with Crippen LogP contribution in [-0.2, 0) is 0 Å². The van der Waals surface area contributed by atoms with Crippen molar-refractivity contribution in [1.29, 1.82) is 0 Å². The zero-order valence-corrected chi connectivity index (χ0v) is 7.95. The molecule has 68 valence electrons. The van der Waals surface area contributed by atoms with Crippen LogP contribution in [0.1, 0.15) is 17.1 Å². The van der Waals surface area contributed by atoms with Crippen molar-refractivity contribution in [2.45, 2.75) is 6.92 Å². The standard InChI is InChI=1S/C13H10O/c1-11-7-9-13(14-11)10-8-12-5-3-2-4-6-12/h2-7,9H,1H3. The molecule has 0 radical (unpaired) electrons. The number of benzene rings is 1.